The molecule has 0 aromatic carbocycles. The molecule has 0 aromatic rings. The van der Waals surface area contributed by atoms with Gasteiger partial charge in [-0.25, -0.2) is 0 Å². The molecule has 0 spiro atoms. The third-order valence-electron chi connectivity index (χ3n) is 4.26. The quantitative estimate of drug-likeness (QED) is 0.631. The summed E-state index contributed by atoms with van der Waals surface area (Å²) < 4.78 is 0. The first-order chi connectivity index (χ1) is 8.52. The summed E-state index contributed by atoms with van der Waals surface area (Å²) in [6, 6.07) is -0.467. The Labute approximate surface area is 107 Å². The maximum atomic E-state index is 11.4. The Morgan fingerprint density at radius 1 is 1.39 bits per heavy atom. The highest BCUT2D eigenvalue weighted by Crippen LogP contribution is 2.33. The van der Waals surface area contributed by atoms with Crippen LogP contribution in [0.5, 0.6) is 0 Å². The predicted molar refractivity (Wildman–Crippen MR) is 66.8 cm³/mol. The van der Waals surface area contributed by atoms with Gasteiger partial charge in [-0.2, -0.15) is 0 Å². The zero-order valence-electron chi connectivity index (χ0n) is 10.9. The van der Waals surface area contributed by atoms with E-state index in [2.05, 4.69) is 17.6 Å². The maximum Gasteiger partial charge on any atom is 0.244 e. The van der Waals surface area contributed by atoms with Gasteiger partial charge in [0.1, 0.15) is 0 Å². The predicted octanol–water partition coefficient (Wildman–Crippen LogP) is 0.322. The molecule has 3 N–H and O–H groups in total. The molecule has 18 heavy (non-hydrogen) atoms. The molecule has 1 aliphatic heterocycles. The minimum Gasteiger partial charge on any atom is -0.389 e. The normalized spacial score (nSPS) is 36.8. The van der Waals surface area contributed by atoms with E-state index in [0.717, 1.165) is 31.6 Å². The number of hydrogen-bond acceptors (Lipinski definition) is 4. The molecule has 2 fully saturated rings. The molecule has 1 saturated carbocycles. The Balaban J connectivity index is 1.79. The van der Waals surface area contributed by atoms with Crippen LogP contribution >= 0.6 is 0 Å². The first-order valence-corrected chi connectivity index (χ1v) is 6.82. The summed E-state index contributed by atoms with van der Waals surface area (Å²) >= 11 is 0. The molecule has 1 aliphatic carbocycles. The van der Waals surface area contributed by atoms with Crippen LogP contribution in [-0.4, -0.2) is 35.1 Å². The van der Waals surface area contributed by atoms with Crippen molar-refractivity contribution in [1.82, 2.24) is 10.6 Å². The topological polar surface area (TPSA) is 78.4 Å². The number of hydrogen-bond donors (Lipinski definition) is 3. The average Bonchev–Trinajstić information content (AvgIpc) is 2.67. The molecule has 5 nitrogen and oxygen atoms in total. The molecule has 2 rings (SSSR count). The lowest BCUT2D eigenvalue weighted by molar-refractivity contribution is -0.125. The van der Waals surface area contributed by atoms with Crippen LogP contribution in [0.25, 0.3) is 0 Å². The fourth-order valence-corrected chi connectivity index (χ4v) is 2.83. The van der Waals surface area contributed by atoms with Gasteiger partial charge in [0.2, 0.25) is 11.8 Å². The SMILES string of the molecule is CCC1CCC(O)(CNC2CC(=O)NC2=O)CC1. The monoisotopic (exact) mass is 254 g/mol. The smallest absolute Gasteiger partial charge is 0.244 e. The van der Waals surface area contributed by atoms with Crippen LogP contribution in [0.2, 0.25) is 0 Å². The van der Waals surface area contributed by atoms with Gasteiger partial charge >= 0.3 is 0 Å². The van der Waals surface area contributed by atoms with E-state index >= 15 is 0 Å². The van der Waals surface area contributed by atoms with Gasteiger partial charge in [-0.15, -0.1) is 0 Å². The second kappa shape index (κ2) is 5.36. The average molecular weight is 254 g/mol. The fourth-order valence-electron chi connectivity index (χ4n) is 2.83. The lowest BCUT2D eigenvalue weighted by Crippen LogP contribution is -2.48. The Bertz CT molecular complexity index is 335. The molecule has 2 aliphatic rings. The van der Waals surface area contributed by atoms with Crippen molar-refractivity contribution in [3.63, 3.8) is 0 Å². The van der Waals surface area contributed by atoms with Crippen molar-refractivity contribution in [3.05, 3.63) is 0 Å². The van der Waals surface area contributed by atoms with Crippen LogP contribution in [0.4, 0.5) is 0 Å². The van der Waals surface area contributed by atoms with E-state index in [9.17, 15) is 14.7 Å². The third-order valence-corrected chi connectivity index (χ3v) is 4.26. The molecule has 0 bridgehead atoms. The van der Waals surface area contributed by atoms with Crippen molar-refractivity contribution < 1.29 is 14.7 Å². The maximum absolute atomic E-state index is 11.4. The molecule has 0 aromatic heterocycles. The molecule has 1 atom stereocenters. The Morgan fingerprint density at radius 3 is 2.56 bits per heavy atom. The van der Waals surface area contributed by atoms with Gasteiger partial charge in [-0.3, -0.25) is 14.9 Å². The van der Waals surface area contributed by atoms with Crippen molar-refractivity contribution in [1.29, 1.82) is 0 Å². The van der Waals surface area contributed by atoms with Gasteiger partial charge in [0.05, 0.1) is 18.1 Å². The first-order valence-electron chi connectivity index (χ1n) is 6.82. The van der Waals surface area contributed by atoms with Gasteiger partial charge in [0.25, 0.3) is 0 Å². The van der Waals surface area contributed by atoms with Crippen LogP contribution in [0, 0.1) is 5.92 Å². The Kier molecular flexibility index (Phi) is 4.02. The van der Waals surface area contributed by atoms with Crippen LogP contribution in [0.3, 0.4) is 0 Å². The van der Waals surface area contributed by atoms with Crippen LogP contribution in [0.15, 0.2) is 0 Å². The lowest BCUT2D eigenvalue weighted by atomic mass is 9.78. The van der Waals surface area contributed by atoms with E-state index in [-0.39, 0.29) is 18.2 Å². The molecular formula is C13H22N2O3. The number of carbonyl (C=O) groups is 2. The first kappa shape index (κ1) is 13.5. The third kappa shape index (κ3) is 3.09. The largest absolute Gasteiger partial charge is 0.389 e. The fraction of sp³-hybridized carbons (Fsp3) is 0.846. The number of aliphatic hydroxyl groups is 1. The second-order valence-corrected chi connectivity index (χ2v) is 5.63. The van der Waals surface area contributed by atoms with Gasteiger partial charge in [-0.05, 0) is 31.6 Å². The molecule has 5 heteroatoms. The summed E-state index contributed by atoms with van der Waals surface area (Å²) in [6.07, 6.45) is 5.01. The standard InChI is InChI=1S/C13H22N2O3/c1-2-9-3-5-13(18,6-4-9)8-14-10-7-11(16)15-12(10)17/h9-10,14,18H,2-8H2,1H3,(H,15,16,17). The van der Waals surface area contributed by atoms with Gasteiger partial charge < -0.3 is 10.4 Å². The summed E-state index contributed by atoms with van der Waals surface area (Å²) in [5.41, 5.74) is -0.711. The number of amides is 2. The minimum atomic E-state index is -0.711. The van der Waals surface area contributed by atoms with E-state index in [1.165, 1.54) is 6.42 Å². The number of nitrogens with one attached hydrogen (secondary N) is 2. The Morgan fingerprint density at radius 2 is 2.06 bits per heavy atom. The molecule has 1 unspecified atom stereocenters. The highest BCUT2D eigenvalue weighted by molar-refractivity contribution is 6.05. The zero-order chi connectivity index (χ0) is 13.2. The highest BCUT2D eigenvalue weighted by Gasteiger charge is 2.36. The summed E-state index contributed by atoms with van der Waals surface area (Å²) in [6.45, 7) is 2.58. The van der Waals surface area contributed by atoms with Crippen LogP contribution in [0.1, 0.15) is 45.4 Å². The van der Waals surface area contributed by atoms with Crippen molar-refractivity contribution in [2.24, 2.45) is 5.92 Å². The van der Waals surface area contributed by atoms with E-state index in [1.54, 1.807) is 0 Å². The van der Waals surface area contributed by atoms with Crippen LogP contribution in [-0.2, 0) is 9.59 Å². The summed E-state index contributed by atoms with van der Waals surface area (Å²) in [4.78, 5) is 22.4. The number of rotatable bonds is 4. The van der Waals surface area contributed by atoms with Gasteiger partial charge in [0.15, 0.2) is 0 Å². The van der Waals surface area contributed by atoms with Gasteiger partial charge in [-0.1, -0.05) is 13.3 Å². The molecule has 1 saturated heterocycles. The van der Waals surface area contributed by atoms with E-state index in [1.807, 2.05) is 0 Å². The number of imide groups is 1. The van der Waals surface area contributed by atoms with Crippen LogP contribution < -0.4 is 10.6 Å². The van der Waals surface area contributed by atoms with E-state index in [4.69, 9.17) is 0 Å². The lowest BCUT2D eigenvalue weighted by Gasteiger charge is -2.36. The van der Waals surface area contributed by atoms with Crippen molar-refractivity contribution in [2.75, 3.05) is 6.54 Å². The van der Waals surface area contributed by atoms with E-state index in [0.29, 0.717) is 6.54 Å². The van der Waals surface area contributed by atoms with Crippen molar-refractivity contribution in [2.45, 2.75) is 57.1 Å². The molecule has 0 radical (unpaired) electrons. The number of carbonyl (C=O) groups excluding carboxylic acids is 2. The summed E-state index contributed by atoms with van der Waals surface area (Å²) in [7, 11) is 0. The highest BCUT2D eigenvalue weighted by atomic mass is 16.3. The van der Waals surface area contributed by atoms with Crippen molar-refractivity contribution >= 4 is 11.8 Å². The second-order valence-electron chi connectivity index (χ2n) is 5.63. The molecule has 2 amide bonds. The zero-order valence-corrected chi connectivity index (χ0v) is 10.9. The minimum absolute atomic E-state index is 0.187. The molecule has 1 heterocycles. The van der Waals surface area contributed by atoms with Gasteiger partial charge in [0, 0.05) is 6.54 Å². The Hall–Kier alpha value is -0.940. The molecular weight excluding hydrogens is 232 g/mol. The summed E-state index contributed by atoms with van der Waals surface area (Å²) in [5, 5.41) is 15.7. The summed E-state index contributed by atoms with van der Waals surface area (Å²) in [5.74, 6) is 0.214. The molecule has 102 valence electrons. The van der Waals surface area contributed by atoms with E-state index < -0.39 is 11.6 Å². The van der Waals surface area contributed by atoms with Crippen molar-refractivity contribution in [3.8, 4) is 0 Å².